The van der Waals surface area contributed by atoms with Gasteiger partial charge in [-0.3, -0.25) is 4.79 Å². The molecule has 0 atom stereocenters. The van der Waals surface area contributed by atoms with Gasteiger partial charge in [0.25, 0.3) is 5.56 Å². The number of anilines is 1. The van der Waals surface area contributed by atoms with Crippen LogP contribution in [0.3, 0.4) is 0 Å². The summed E-state index contributed by atoms with van der Waals surface area (Å²) in [5, 5.41) is 0.706. The second-order valence-electron chi connectivity index (χ2n) is 6.10. The second-order valence-corrected chi connectivity index (χ2v) is 7.06. The quantitative estimate of drug-likeness (QED) is 0.687. The van der Waals surface area contributed by atoms with E-state index in [0.717, 1.165) is 36.5 Å². The van der Waals surface area contributed by atoms with Crippen molar-refractivity contribution in [3.63, 3.8) is 0 Å². The normalized spacial score (nSPS) is 14.6. The molecule has 0 bridgehead atoms. The SMILES string of the molecule is CN1CCc2c(nc(SCc3ccccc3N(C)C)[nH]c2=O)C1. The van der Waals surface area contributed by atoms with E-state index in [1.165, 1.54) is 11.3 Å². The monoisotopic (exact) mass is 330 g/mol. The third-order valence-corrected chi connectivity index (χ3v) is 5.00. The molecule has 1 N–H and O–H groups in total. The summed E-state index contributed by atoms with van der Waals surface area (Å²) in [7, 11) is 6.14. The Kier molecular flexibility index (Phi) is 4.73. The summed E-state index contributed by atoms with van der Waals surface area (Å²) in [6.07, 6.45) is 0.780. The number of likely N-dealkylation sites (N-methyl/N-ethyl adjacent to an activating group) is 1. The van der Waals surface area contributed by atoms with E-state index in [9.17, 15) is 4.79 Å². The molecule has 0 aliphatic carbocycles. The third-order valence-electron chi connectivity index (χ3n) is 4.08. The predicted octanol–water partition coefficient (Wildman–Crippen LogP) is 2.12. The van der Waals surface area contributed by atoms with Crippen molar-refractivity contribution in [1.82, 2.24) is 14.9 Å². The fraction of sp³-hybridized carbons (Fsp3) is 0.412. The molecule has 2 heterocycles. The molecule has 0 unspecified atom stereocenters. The number of hydrogen-bond acceptors (Lipinski definition) is 5. The van der Waals surface area contributed by atoms with Crippen LogP contribution in [0.2, 0.25) is 0 Å². The average molecular weight is 330 g/mol. The Morgan fingerprint density at radius 3 is 2.91 bits per heavy atom. The minimum absolute atomic E-state index is 0.0199. The van der Waals surface area contributed by atoms with Crippen molar-refractivity contribution < 1.29 is 0 Å². The first kappa shape index (κ1) is 16.1. The molecule has 5 nitrogen and oxygen atoms in total. The van der Waals surface area contributed by atoms with E-state index in [0.29, 0.717) is 5.16 Å². The first-order chi connectivity index (χ1) is 11.0. The van der Waals surface area contributed by atoms with E-state index >= 15 is 0 Å². The smallest absolute Gasteiger partial charge is 0.255 e. The van der Waals surface area contributed by atoms with Crippen LogP contribution in [-0.4, -0.2) is 42.6 Å². The Morgan fingerprint density at radius 1 is 1.35 bits per heavy atom. The van der Waals surface area contributed by atoms with Gasteiger partial charge in [-0.05, 0) is 25.1 Å². The van der Waals surface area contributed by atoms with Crippen LogP contribution in [-0.2, 0) is 18.7 Å². The maximum Gasteiger partial charge on any atom is 0.255 e. The van der Waals surface area contributed by atoms with Crippen molar-refractivity contribution >= 4 is 17.4 Å². The van der Waals surface area contributed by atoms with Gasteiger partial charge in [0.1, 0.15) is 0 Å². The predicted molar refractivity (Wildman–Crippen MR) is 95.2 cm³/mol. The summed E-state index contributed by atoms with van der Waals surface area (Å²) in [4.78, 5) is 24.1. The minimum atomic E-state index is 0.0199. The van der Waals surface area contributed by atoms with Crippen molar-refractivity contribution in [2.45, 2.75) is 23.9 Å². The first-order valence-electron chi connectivity index (χ1n) is 7.73. The number of thioether (sulfide) groups is 1. The number of aromatic nitrogens is 2. The van der Waals surface area contributed by atoms with Gasteiger partial charge in [-0.1, -0.05) is 30.0 Å². The Hall–Kier alpha value is -1.79. The van der Waals surface area contributed by atoms with E-state index in [4.69, 9.17) is 0 Å². The van der Waals surface area contributed by atoms with E-state index in [1.807, 2.05) is 26.2 Å². The van der Waals surface area contributed by atoms with Gasteiger partial charge in [-0.25, -0.2) is 4.98 Å². The number of para-hydroxylation sites is 1. The molecule has 0 amide bonds. The summed E-state index contributed by atoms with van der Waals surface area (Å²) in [5.41, 5.74) is 4.22. The molecule has 0 saturated heterocycles. The van der Waals surface area contributed by atoms with Gasteiger partial charge in [-0.15, -0.1) is 0 Å². The molecule has 6 heteroatoms. The highest BCUT2D eigenvalue weighted by Gasteiger charge is 2.18. The fourth-order valence-electron chi connectivity index (χ4n) is 2.83. The van der Waals surface area contributed by atoms with Crippen LogP contribution >= 0.6 is 11.8 Å². The number of rotatable bonds is 4. The summed E-state index contributed by atoms with van der Waals surface area (Å²) in [6, 6.07) is 8.31. The van der Waals surface area contributed by atoms with Crippen LogP contribution in [0.15, 0.2) is 34.2 Å². The highest BCUT2D eigenvalue weighted by molar-refractivity contribution is 7.98. The number of H-pyrrole nitrogens is 1. The first-order valence-corrected chi connectivity index (χ1v) is 8.72. The number of benzene rings is 1. The molecule has 1 aliphatic heterocycles. The molecule has 1 aliphatic rings. The van der Waals surface area contributed by atoms with Gasteiger partial charge in [-0.2, -0.15) is 0 Å². The molecule has 1 aromatic carbocycles. The maximum atomic E-state index is 12.2. The van der Waals surface area contributed by atoms with Gasteiger partial charge in [0.15, 0.2) is 5.16 Å². The highest BCUT2D eigenvalue weighted by atomic mass is 32.2. The summed E-state index contributed by atoms with van der Waals surface area (Å²) in [5.74, 6) is 0.784. The lowest BCUT2D eigenvalue weighted by Gasteiger charge is -2.23. The number of fused-ring (bicyclic) bond motifs is 1. The largest absolute Gasteiger partial charge is 0.377 e. The molecule has 1 aromatic heterocycles. The Labute approximate surface area is 140 Å². The van der Waals surface area contributed by atoms with Crippen LogP contribution in [0.1, 0.15) is 16.8 Å². The van der Waals surface area contributed by atoms with Crippen molar-refractivity contribution in [3.05, 3.63) is 51.4 Å². The summed E-state index contributed by atoms with van der Waals surface area (Å²) in [6.45, 7) is 1.67. The molecule has 0 spiro atoms. The van der Waals surface area contributed by atoms with E-state index in [2.05, 4.69) is 38.9 Å². The molecule has 0 radical (unpaired) electrons. The highest BCUT2D eigenvalue weighted by Crippen LogP contribution is 2.26. The van der Waals surface area contributed by atoms with Crippen LogP contribution in [0, 0.1) is 0 Å². The molecule has 0 saturated carbocycles. The van der Waals surface area contributed by atoms with Gasteiger partial charge in [0, 0.05) is 44.2 Å². The van der Waals surface area contributed by atoms with E-state index in [1.54, 1.807) is 11.8 Å². The van der Waals surface area contributed by atoms with Gasteiger partial charge in [0.05, 0.1) is 5.69 Å². The van der Waals surface area contributed by atoms with Gasteiger partial charge >= 0.3 is 0 Å². The molecular formula is C17H22N4OS. The molecule has 2 aromatic rings. The lowest BCUT2D eigenvalue weighted by molar-refractivity contribution is 0.304. The minimum Gasteiger partial charge on any atom is -0.377 e. The average Bonchev–Trinajstić information content (AvgIpc) is 2.52. The number of hydrogen-bond donors (Lipinski definition) is 1. The molecular weight excluding hydrogens is 308 g/mol. The van der Waals surface area contributed by atoms with Crippen molar-refractivity contribution in [1.29, 1.82) is 0 Å². The van der Waals surface area contributed by atoms with Crippen LogP contribution < -0.4 is 10.5 Å². The lowest BCUT2D eigenvalue weighted by atomic mass is 10.1. The zero-order chi connectivity index (χ0) is 16.4. The van der Waals surface area contributed by atoms with E-state index < -0.39 is 0 Å². The standard InChI is InChI=1S/C17H22N4OS/c1-20(2)15-7-5-4-6-12(15)11-23-17-18-14-10-21(3)9-8-13(14)16(22)19-17/h4-7H,8-11H2,1-3H3,(H,18,19,22). The Morgan fingerprint density at radius 2 is 2.13 bits per heavy atom. The number of nitrogens with one attached hydrogen (secondary N) is 1. The lowest BCUT2D eigenvalue weighted by Crippen LogP contribution is -2.32. The van der Waals surface area contributed by atoms with E-state index in [-0.39, 0.29) is 5.56 Å². The molecule has 0 fully saturated rings. The van der Waals surface area contributed by atoms with Crippen LogP contribution in [0.25, 0.3) is 0 Å². The Bertz CT molecular complexity index is 756. The fourth-order valence-corrected chi connectivity index (χ4v) is 3.71. The van der Waals surface area contributed by atoms with Crippen molar-refractivity contribution in [2.24, 2.45) is 0 Å². The van der Waals surface area contributed by atoms with Gasteiger partial charge < -0.3 is 14.8 Å². The zero-order valence-corrected chi connectivity index (χ0v) is 14.6. The van der Waals surface area contributed by atoms with Crippen LogP contribution in [0.5, 0.6) is 0 Å². The number of nitrogens with zero attached hydrogens (tertiary/aromatic N) is 3. The van der Waals surface area contributed by atoms with Gasteiger partial charge in [0.2, 0.25) is 0 Å². The third kappa shape index (κ3) is 3.59. The second kappa shape index (κ2) is 6.76. The molecule has 23 heavy (non-hydrogen) atoms. The van der Waals surface area contributed by atoms with Crippen molar-refractivity contribution in [2.75, 3.05) is 32.6 Å². The summed E-state index contributed by atoms with van der Waals surface area (Å²) < 4.78 is 0. The molecule has 122 valence electrons. The maximum absolute atomic E-state index is 12.2. The Balaban J connectivity index is 1.81. The summed E-state index contributed by atoms with van der Waals surface area (Å²) >= 11 is 1.58. The topological polar surface area (TPSA) is 52.2 Å². The number of aromatic amines is 1. The van der Waals surface area contributed by atoms with Crippen molar-refractivity contribution in [3.8, 4) is 0 Å². The molecule has 3 rings (SSSR count). The zero-order valence-electron chi connectivity index (χ0n) is 13.8. The van der Waals surface area contributed by atoms with Crippen LogP contribution in [0.4, 0.5) is 5.69 Å².